The SMILES string of the molecule is CNCC(=O)N1CCN(C(c2ccccc2)c2ccccc2Cl)CC1.Cl. The van der Waals surface area contributed by atoms with E-state index in [9.17, 15) is 4.79 Å². The first-order valence-corrected chi connectivity index (χ1v) is 9.04. The van der Waals surface area contributed by atoms with Gasteiger partial charge in [0.25, 0.3) is 0 Å². The highest BCUT2D eigenvalue weighted by Gasteiger charge is 2.28. The molecule has 6 heteroatoms. The molecule has 0 radical (unpaired) electrons. The Bertz CT molecular complexity index is 703. The maximum Gasteiger partial charge on any atom is 0.236 e. The molecule has 0 aliphatic carbocycles. The average molecular weight is 394 g/mol. The molecule has 140 valence electrons. The molecule has 1 unspecified atom stereocenters. The molecule has 3 rings (SSSR count). The molecule has 2 aromatic carbocycles. The number of carbonyl (C=O) groups excluding carboxylic acids is 1. The van der Waals surface area contributed by atoms with Crippen LogP contribution in [0.3, 0.4) is 0 Å². The summed E-state index contributed by atoms with van der Waals surface area (Å²) < 4.78 is 0. The van der Waals surface area contributed by atoms with E-state index >= 15 is 0 Å². The van der Waals surface area contributed by atoms with E-state index in [-0.39, 0.29) is 24.4 Å². The van der Waals surface area contributed by atoms with Gasteiger partial charge in [0, 0.05) is 31.2 Å². The molecule has 1 N–H and O–H groups in total. The van der Waals surface area contributed by atoms with Gasteiger partial charge >= 0.3 is 0 Å². The highest BCUT2D eigenvalue weighted by Crippen LogP contribution is 2.33. The Morgan fingerprint density at radius 3 is 2.27 bits per heavy atom. The second-order valence-corrected chi connectivity index (χ2v) is 6.69. The van der Waals surface area contributed by atoms with Gasteiger partial charge in [-0.15, -0.1) is 12.4 Å². The Labute approximate surface area is 166 Å². The molecule has 0 bridgehead atoms. The topological polar surface area (TPSA) is 35.6 Å². The minimum Gasteiger partial charge on any atom is -0.339 e. The molecular formula is C20H25Cl2N3O. The van der Waals surface area contributed by atoms with Crippen molar-refractivity contribution in [1.82, 2.24) is 15.1 Å². The second-order valence-electron chi connectivity index (χ2n) is 6.28. The monoisotopic (exact) mass is 393 g/mol. The third kappa shape index (κ3) is 4.77. The number of carbonyl (C=O) groups is 1. The molecule has 0 spiro atoms. The Hall–Kier alpha value is -1.59. The zero-order valence-corrected chi connectivity index (χ0v) is 16.5. The first kappa shape index (κ1) is 20.7. The van der Waals surface area contributed by atoms with Crippen LogP contribution in [-0.4, -0.2) is 55.5 Å². The Balaban J connectivity index is 0.00000243. The maximum absolute atomic E-state index is 12.1. The summed E-state index contributed by atoms with van der Waals surface area (Å²) in [5.74, 6) is 0.163. The van der Waals surface area contributed by atoms with Crippen LogP contribution in [0.15, 0.2) is 54.6 Å². The van der Waals surface area contributed by atoms with Gasteiger partial charge in [-0.25, -0.2) is 0 Å². The van der Waals surface area contributed by atoms with Crippen LogP contribution in [0.5, 0.6) is 0 Å². The van der Waals surface area contributed by atoms with Gasteiger partial charge in [-0.3, -0.25) is 9.69 Å². The van der Waals surface area contributed by atoms with Crippen molar-refractivity contribution in [3.63, 3.8) is 0 Å². The summed E-state index contributed by atoms with van der Waals surface area (Å²) in [4.78, 5) is 16.4. The summed E-state index contributed by atoms with van der Waals surface area (Å²) in [6.07, 6.45) is 0. The number of halogens is 2. The third-order valence-corrected chi connectivity index (χ3v) is 5.02. The molecule has 0 saturated carbocycles. The number of nitrogens with one attached hydrogen (secondary N) is 1. The van der Waals surface area contributed by atoms with Gasteiger partial charge in [-0.1, -0.05) is 60.1 Å². The van der Waals surface area contributed by atoms with E-state index in [4.69, 9.17) is 11.6 Å². The lowest BCUT2D eigenvalue weighted by Crippen LogP contribution is -2.51. The second kappa shape index (κ2) is 9.93. The number of benzene rings is 2. The van der Waals surface area contributed by atoms with E-state index in [1.807, 2.05) is 29.2 Å². The average Bonchev–Trinajstić information content (AvgIpc) is 2.65. The largest absolute Gasteiger partial charge is 0.339 e. The molecule has 1 saturated heterocycles. The smallest absolute Gasteiger partial charge is 0.236 e. The van der Waals surface area contributed by atoms with Gasteiger partial charge in [-0.05, 0) is 24.2 Å². The van der Waals surface area contributed by atoms with Crippen LogP contribution in [0.1, 0.15) is 17.2 Å². The van der Waals surface area contributed by atoms with E-state index in [0.717, 1.165) is 36.8 Å². The fourth-order valence-electron chi connectivity index (χ4n) is 3.41. The zero-order valence-electron chi connectivity index (χ0n) is 14.9. The van der Waals surface area contributed by atoms with Crippen molar-refractivity contribution in [2.45, 2.75) is 6.04 Å². The van der Waals surface area contributed by atoms with Gasteiger partial charge in [0.1, 0.15) is 0 Å². The van der Waals surface area contributed by atoms with Crippen molar-refractivity contribution in [3.05, 3.63) is 70.7 Å². The van der Waals surface area contributed by atoms with Gasteiger partial charge in [-0.2, -0.15) is 0 Å². The van der Waals surface area contributed by atoms with E-state index in [0.29, 0.717) is 6.54 Å². The molecule has 1 amide bonds. The lowest BCUT2D eigenvalue weighted by molar-refractivity contribution is -0.132. The lowest BCUT2D eigenvalue weighted by Gasteiger charge is -2.40. The molecular weight excluding hydrogens is 369 g/mol. The number of rotatable bonds is 5. The quantitative estimate of drug-likeness (QED) is 0.846. The summed E-state index contributed by atoms with van der Waals surface area (Å²) in [6, 6.07) is 18.6. The van der Waals surface area contributed by atoms with Crippen molar-refractivity contribution < 1.29 is 4.79 Å². The van der Waals surface area contributed by atoms with Crippen molar-refractivity contribution in [3.8, 4) is 0 Å². The highest BCUT2D eigenvalue weighted by molar-refractivity contribution is 6.31. The van der Waals surface area contributed by atoms with Crippen molar-refractivity contribution in [2.24, 2.45) is 0 Å². The van der Waals surface area contributed by atoms with Crippen LogP contribution < -0.4 is 5.32 Å². The van der Waals surface area contributed by atoms with Crippen LogP contribution in [-0.2, 0) is 4.79 Å². The Morgan fingerprint density at radius 2 is 1.65 bits per heavy atom. The molecule has 26 heavy (non-hydrogen) atoms. The van der Waals surface area contributed by atoms with E-state index in [1.165, 1.54) is 5.56 Å². The lowest BCUT2D eigenvalue weighted by atomic mass is 9.96. The number of likely N-dealkylation sites (N-methyl/N-ethyl adjacent to an activating group) is 1. The third-order valence-electron chi connectivity index (χ3n) is 4.68. The first-order valence-electron chi connectivity index (χ1n) is 8.66. The first-order chi connectivity index (χ1) is 12.2. The van der Waals surface area contributed by atoms with Gasteiger partial charge in [0.2, 0.25) is 5.91 Å². The Morgan fingerprint density at radius 1 is 1.04 bits per heavy atom. The normalized spacial score (nSPS) is 16.0. The summed E-state index contributed by atoms with van der Waals surface area (Å²) in [5, 5.41) is 3.72. The van der Waals surface area contributed by atoms with Crippen LogP contribution in [0.4, 0.5) is 0 Å². The van der Waals surface area contributed by atoms with Gasteiger partial charge in [0.15, 0.2) is 0 Å². The molecule has 1 heterocycles. The van der Waals surface area contributed by atoms with Crippen molar-refractivity contribution in [1.29, 1.82) is 0 Å². The minimum absolute atomic E-state index is 0. The predicted octanol–water partition coefficient (Wildman–Crippen LogP) is 3.21. The molecule has 1 aliphatic heterocycles. The highest BCUT2D eigenvalue weighted by atomic mass is 35.5. The fraction of sp³-hybridized carbons (Fsp3) is 0.350. The number of nitrogens with zero attached hydrogens (tertiary/aromatic N) is 2. The number of piperazine rings is 1. The van der Waals surface area contributed by atoms with Crippen LogP contribution in [0, 0.1) is 0 Å². The van der Waals surface area contributed by atoms with Gasteiger partial charge in [0.05, 0.1) is 12.6 Å². The Kier molecular flexibility index (Phi) is 7.91. The van der Waals surface area contributed by atoms with Crippen molar-refractivity contribution >= 4 is 29.9 Å². The van der Waals surface area contributed by atoms with Crippen LogP contribution >= 0.6 is 24.0 Å². The van der Waals surface area contributed by atoms with E-state index < -0.39 is 0 Å². The summed E-state index contributed by atoms with van der Waals surface area (Å²) in [5.41, 5.74) is 2.34. The van der Waals surface area contributed by atoms with Crippen LogP contribution in [0.25, 0.3) is 0 Å². The summed E-state index contributed by atoms with van der Waals surface area (Å²) in [7, 11) is 1.80. The van der Waals surface area contributed by atoms with Crippen LogP contribution in [0.2, 0.25) is 5.02 Å². The van der Waals surface area contributed by atoms with E-state index in [2.05, 4.69) is 40.5 Å². The molecule has 1 aliphatic rings. The fourth-order valence-corrected chi connectivity index (χ4v) is 3.65. The molecule has 4 nitrogen and oxygen atoms in total. The van der Waals surface area contributed by atoms with E-state index in [1.54, 1.807) is 7.05 Å². The zero-order chi connectivity index (χ0) is 17.6. The number of hydrogen-bond acceptors (Lipinski definition) is 3. The number of amides is 1. The summed E-state index contributed by atoms with van der Waals surface area (Å²) in [6.45, 7) is 3.55. The minimum atomic E-state index is 0. The predicted molar refractivity (Wildman–Crippen MR) is 109 cm³/mol. The maximum atomic E-state index is 12.1. The number of hydrogen-bond donors (Lipinski definition) is 1. The molecule has 1 atom stereocenters. The van der Waals surface area contributed by atoms with Gasteiger partial charge < -0.3 is 10.2 Å². The molecule has 1 fully saturated rings. The molecule has 0 aromatic heterocycles. The van der Waals surface area contributed by atoms with Crippen molar-refractivity contribution in [2.75, 3.05) is 39.8 Å². The molecule has 2 aromatic rings. The summed E-state index contributed by atoms with van der Waals surface area (Å²) >= 11 is 6.51. The standard InChI is InChI=1S/C20H24ClN3O.ClH/c1-22-15-19(25)23-11-13-24(14-12-23)20(16-7-3-2-4-8-16)17-9-5-6-10-18(17)21;/h2-10,20,22H,11-15H2,1H3;1H.